The van der Waals surface area contributed by atoms with Gasteiger partial charge in [-0.25, -0.2) is 9.67 Å². The Labute approximate surface area is 123 Å². The first-order chi connectivity index (χ1) is 10.1. The Bertz CT molecular complexity index is 502. The van der Waals surface area contributed by atoms with Crippen molar-refractivity contribution in [2.75, 3.05) is 19.0 Å². The lowest BCUT2D eigenvalue weighted by molar-refractivity contribution is -0.129. The Balaban J connectivity index is 1.94. The summed E-state index contributed by atoms with van der Waals surface area (Å²) in [5.74, 6) is -0.261. The minimum atomic E-state index is -0.176. The molecule has 1 fully saturated rings. The molecule has 1 aromatic heterocycles. The van der Waals surface area contributed by atoms with E-state index in [1.165, 1.54) is 11.0 Å². The van der Waals surface area contributed by atoms with Crippen LogP contribution in [0.15, 0.2) is 6.33 Å². The molecule has 116 valence electrons. The molecule has 1 aliphatic rings. The number of carbonyl (C=O) groups excluding carboxylic acids is 2. The second-order valence-corrected chi connectivity index (χ2v) is 4.99. The fourth-order valence-corrected chi connectivity index (χ4v) is 2.40. The number of hydrogen-bond acceptors (Lipinski definition) is 5. The molecule has 0 aliphatic carbocycles. The van der Waals surface area contributed by atoms with Gasteiger partial charge in [-0.3, -0.25) is 14.9 Å². The first-order valence-electron chi connectivity index (χ1n) is 7.16. The number of nitrogens with zero attached hydrogens (tertiary/aromatic N) is 3. The number of rotatable bonds is 5. The van der Waals surface area contributed by atoms with E-state index in [2.05, 4.69) is 20.7 Å². The summed E-state index contributed by atoms with van der Waals surface area (Å²) < 4.78 is 6.99. The van der Waals surface area contributed by atoms with E-state index < -0.39 is 0 Å². The number of nitrogens with one attached hydrogen (secondary N) is 2. The molecule has 0 spiro atoms. The Kier molecular flexibility index (Phi) is 5.26. The molecule has 8 heteroatoms. The molecule has 2 atom stereocenters. The second-order valence-electron chi connectivity index (χ2n) is 4.99. The molecule has 1 aromatic rings. The van der Waals surface area contributed by atoms with Crippen molar-refractivity contribution in [3.8, 4) is 0 Å². The molecular weight excluding hydrogens is 274 g/mol. The summed E-state index contributed by atoms with van der Waals surface area (Å²) in [6, 6.07) is 0. The van der Waals surface area contributed by atoms with E-state index in [0.29, 0.717) is 6.61 Å². The quantitative estimate of drug-likeness (QED) is 0.807. The Morgan fingerprint density at radius 1 is 1.52 bits per heavy atom. The van der Waals surface area contributed by atoms with Gasteiger partial charge in [0.1, 0.15) is 12.9 Å². The molecule has 2 heterocycles. The first-order valence-corrected chi connectivity index (χ1v) is 7.16. The van der Waals surface area contributed by atoms with Crippen molar-refractivity contribution in [1.82, 2.24) is 20.1 Å². The molecule has 2 N–H and O–H groups in total. The van der Waals surface area contributed by atoms with Gasteiger partial charge in [-0.05, 0) is 19.3 Å². The van der Waals surface area contributed by atoms with Crippen molar-refractivity contribution in [3.05, 3.63) is 6.33 Å². The summed E-state index contributed by atoms with van der Waals surface area (Å²) in [7, 11) is 1.55. The van der Waals surface area contributed by atoms with Crippen LogP contribution in [0.1, 0.15) is 26.2 Å². The van der Waals surface area contributed by atoms with E-state index in [4.69, 9.17) is 4.74 Å². The monoisotopic (exact) mass is 295 g/mol. The third kappa shape index (κ3) is 4.01. The molecule has 0 saturated carbocycles. The summed E-state index contributed by atoms with van der Waals surface area (Å²) in [5, 5.41) is 9.25. The highest BCUT2D eigenvalue weighted by molar-refractivity contribution is 5.91. The van der Waals surface area contributed by atoms with Crippen molar-refractivity contribution in [3.63, 3.8) is 0 Å². The van der Waals surface area contributed by atoms with Crippen molar-refractivity contribution in [2.24, 2.45) is 5.92 Å². The van der Waals surface area contributed by atoms with Gasteiger partial charge in [-0.2, -0.15) is 0 Å². The molecule has 21 heavy (non-hydrogen) atoms. The van der Waals surface area contributed by atoms with Crippen LogP contribution in [0.25, 0.3) is 0 Å². The van der Waals surface area contributed by atoms with Crippen molar-refractivity contribution < 1.29 is 14.3 Å². The van der Waals surface area contributed by atoms with Gasteiger partial charge in [0.05, 0.1) is 12.0 Å². The largest absolute Gasteiger partial charge is 0.377 e. The summed E-state index contributed by atoms with van der Waals surface area (Å²) in [4.78, 5) is 27.5. The maximum absolute atomic E-state index is 12.3. The molecule has 0 radical (unpaired) electrons. The average molecular weight is 295 g/mol. The second kappa shape index (κ2) is 7.16. The summed E-state index contributed by atoms with van der Waals surface area (Å²) >= 11 is 0. The average Bonchev–Trinajstić information content (AvgIpc) is 2.93. The Hall–Kier alpha value is -1.96. The van der Waals surface area contributed by atoms with Crippen LogP contribution >= 0.6 is 0 Å². The Morgan fingerprint density at radius 2 is 2.33 bits per heavy atom. The number of carbonyl (C=O) groups is 2. The molecule has 0 bridgehead atoms. The van der Waals surface area contributed by atoms with E-state index in [-0.39, 0.29) is 36.3 Å². The van der Waals surface area contributed by atoms with Crippen LogP contribution in [-0.2, 0) is 20.9 Å². The lowest BCUT2D eigenvalue weighted by atomic mass is 9.92. The van der Waals surface area contributed by atoms with E-state index in [1.54, 1.807) is 7.05 Å². The molecule has 2 amide bonds. The van der Waals surface area contributed by atoms with Gasteiger partial charge in [0.15, 0.2) is 0 Å². The number of ether oxygens (including phenoxy) is 1. The lowest BCUT2D eigenvalue weighted by Crippen LogP contribution is -2.38. The van der Waals surface area contributed by atoms with Crippen LogP contribution < -0.4 is 10.6 Å². The highest BCUT2D eigenvalue weighted by atomic mass is 16.5. The van der Waals surface area contributed by atoms with Crippen molar-refractivity contribution >= 4 is 17.8 Å². The maximum Gasteiger partial charge on any atom is 0.248 e. The maximum atomic E-state index is 12.3. The molecule has 1 aliphatic heterocycles. The molecule has 0 aromatic carbocycles. The number of amides is 2. The van der Waals surface area contributed by atoms with E-state index in [9.17, 15) is 9.59 Å². The van der Waals surface area contributed by atoms with Crippen LogP contribution in [0, 0.1) is 5.92 Å². The standard InChI is InChI=1S/C13H21N5O3/c1-3-10-9(5-4-6-21-10)12(20)16-13-15-8-18(17-13)7-11(19)14-2/h8-10H,3-7H2,1-2H3,(H,14,19)(H,16,17,20). The molecule has 2 rings (SSSR count). The van der Waals surface area contributed by atoms with Gasteiger partial charge >= 0.3 is 0 Å². The van der Waals surface area contributed by atoms with Gasteiger partial charge in [0.2, 0.25) is 17.8 Å². The third-order valence-electron chi connectivity index (χ3n) is 3.54. The topological polar surface area (TPSA) is 98.1 Å². The van der Waals surface area contributed by atoms with Gasteiger partial charge in [-0.15, -0.1) is 5.10 Å². The first kappa shape index (κ1) is 15.4. The van der Waals surface area contributed by atoms with Crippen LogP contribution in [0.3, 0.4) is 0 Å². The summed E-state index contributed by atoms with van der Waals surface area (Å²) in [6.07, 6.45) is 3.86. The van der Waals surface area contributed by atoms with E-state index in [0.717, 1.165) is 19.3 Å². The molecular formula is C13H21N5O3. The van der Waals surface area contributed by atoms with Crippen molar-refractivity contribution in [2.45, 2.75) is 38.8 Å². The predicted octanol–water partition coefficient (Wildman–Crippen LogP) is 0.168. The zero-order chi connectivity index (χ0) is 15.2. The predicted molar refractivity (Wildman–Crippen MR) is 75.5 cm³/mol. The molecule has 1 saturated heterocycles. The van der Waals surface area contributed by atoms with Crippen LogP contribution in [-0.4, -0.2) is 46.3 Å². The number of anilines is 1. The fourth-order valence-electron chi connectivity index (χ4n) is 2.40. The molecule has 2 unspecified atom stereocenters. The van der Waals surface area contributed by atoms with Gasteiger partial charge < -0.3 is 10.1 Å². The van der Waals surface area contributed by atoms with Crippen LogP contribution in [0.2, 0.25) is 0 Å². The lowest BCUT2D eigenvalue weighted by Gasteiger charge is -2.29. The number of likely N-dealkylation sites (N-methyl/N-ethyl adjacent to an activating group) is 1. The molecule has 8 nitrogen and oxygen atoms in total. The number of hydrogen-bond donors (Lipinski definition) is 2. The Morgan fingerprint density at radius 3 is 3.05 bits per heavy atom. The van der Waals surface area contributed by atoms with E-state index in [1.807, 2.05) is 6.92 Å². The zero-order valence-corrected chi connectivity index (χ0v) is 12.3. The third-order valence-corrected chi connectivity index (χ3v) is 3.54. The number of aromatic nitrogens is 3. The highest BCUT2D eigenvalue weighted by Gasteiger charge is 2.31. The minimum absolute atomic E-state index is 0.0493. The van der Waals surface area contributed by atoms with Crippen molar-refractivity contribution in [1.29, 1.82) is 0 Å². The smallest absolute Gasteiger partial charge is 0.248 e. The van der Waals surface area contributed by atoms with Gasteiger partial charge in [-0.1, -0.05) is 6.92 Å². The SMILES string of the molecule is CCC1OCCCC1C(=O)Nc1ncn(CC(=O)NC)n1. The van der Waals surface area contributed by atoms with E-state index >= 15 is 0 Å². The normalized spacial score (nSPS) is 21.8. The van der Waals surface area contributed by atoms with Crippen LogP contribution in [0.5, 0.6) is 0 Å². The summed E-state index contributed by atoms with van der Waals surface area (Å²) in [5.41, 5.74) is 0. The highest BCUT2D eigenvalue weighted by Crippen LogP contribution is 2.24. The fraction of sp³-hybridized carbons (Fsp3) is 0.692. The van der Waals surface area contributed by atoms with Gasteiger partial charge in [0.25, 0.3) is 0 Å². The van der Waals surface area contributed by atoms with Crippen LogP contribution in [0.4, 0.5) is 5.95 Å². The minimum Gasteiger partial charge on any atom is -0.377 e. The van der Waals surface area contributed by atoms with Gasteiger partial charge in [0, 0.05) is 13.7 Å². The summed E-state index contributed by atoms with van der Waals surface area (Å²) in [6.45, 7) is 2.79. The zero-order valence-electron chi connectivity index (χ0n) is 12.3.